The van der Waals surface area contributed by atoms with Crippen molar-refractivity contribution in [3.05, 3.63) is 29.6 Å². The highest BCUT2D eigenvalue weighted by atomic mass is 19.1. The third-order valence-electron chi connectivity index (χ3n) is 3.15. The van der Waals surface area contributed by atoms with Crippen LogP contribution in [0, 0.1) is 5.82 Å². The predicted octanol–water partition coefficient (Wildman–Crippen LogP) is 3.30. The van der Waals surface area contributed by atoms with E-state index in [1.54, 1.807) is 6.07 Å². The van der Waals surface area contributed by atoms with Crippen molar-refractivity contribution in [3.8, 4) is 5.75 Å². The summed E-state index contributed by atoms with van der Waals surface area (Å²) < 4.78 is 24.6. The summed E-state index contributed by atoms with van der Waals surface area (Å²) in [5.41, 5.74) is 6.77. The fourth-order valence-corrected chi connectivity index (χ4v) is 1.79. The molecule has 0 saturated carbocycles. The van der Waals surface area contributed by atoms with Crippen molar-refractivity contribution >= 4 is 0 Å². The van der Waals surface area contributed by atoms with Crippen molar-refractivity contribution < 1.29 is 13.9 Å². The number of rotatable bonds is 10. The molecule has 0 bridgehead atoms. The maximum atomic E-state index is 13.8. The molecule has 0 spiro atoms. The first kappa shape index (κ1) is 16.9. The molecule has 0 aliphatic heterocycles. The normalized spacial score (nSPS) is 12.4. The molecule has 0 radical (unpaired) electrons. The van der Waals surface area contributed by atoms with E-state index in [1.165, 1.54) is 6.07 Å². The van der Waals surface area contributed by atoms with Gasteiger partial charge in [0.15, 0.2) is 11.6 Å². The van der Waals surface area contributed by atoms with Crippen LogP contribution in [0.2, 0.25) is 0 Å². The molecule has 0 aliphatic carbocycles. The van der Waals surface area contributed by atoms with E-state index in [1.807, 2.05) is 13.0 Å². The molecule has 1 aromatic rings. The number of nitrogens with two attached hydrogens (primary N) is 1. The molecule has 1 atom stereocenters. The van der Waals surface area contributed by atoms with Crippen LogP contribution in [-0.4, -0.2) is 25.9 Å². The van der Waals surface area contributed by atoms with Crippen molar-refractivity contribution in [2.24, 2.45) is 5.73 Å². The van der Waals surface area contributed by atoms with Crippen molar-refractivity contribution in [1.29, 1.82) is 0 Å². The molecular formula is C16H26FNO2. The van der Waals surface area contributed by atoms with E-state index in [0.717, 1.165) is 31.4 Å². The molecule has 3 nitrogen and oxygen atoms in total. The van der Waals surface area contributed by atoms with Crippen LogP contribution in [0.15, 0.2) is 18.2 Å². The first-order valence-corrected chi connectivity index (χ1v) is 7.41. The zero-order valence-electron chi connectivity index (χ0n) is 12.5. The van der Waals surface area contributed by atoms with Gasteiger partial charge < -0.3 is 15.2 Å². The van der Waals surface area contributed by atoms with Gasteiger partial charge in [-0.3, -0.25) is 0 Å². The van der Waals surface area contributed by atoms with Gasteiger partial charge in [0, 0.05) is 12.6 Å². The van der Waals surface area contributed by atoms with Crippen LogP contribution in [0.4, 0.5) is 4.39 Å². The molecule has 0 aromatic heterocycles. The van der Waals surface area contributed by atoms with Gasteiger partial charge in [-0.2, -0.15) is 0 Å². The van der Waals surface area contributed by atoms with Crippen molar-refractivity contribution in [3.63, 3.8) is 0 Å². The van der Waals surface area contributed by atoms with Crippen LogP contribution < -0.4 is 10.5 Å². The zero-order valence-corrected chi connectivity index (χ0v) is 12.5. The summed E-state index contributed by atoms with van der Waals surface area (Å²) in [6.07, 6.45) is 3.72. The van der Waals surface area contributed by atoms with Gasteiger partial charge in [-0.15, -0.1) is 0 Å². The standard InChI is InChI=1S/C16H26FNO2/c1-3-5-8-19-9-10-20-16-7-6-13(12-15(16)17)11-14(18)4-2/h6-7,12,14H,3-5,8-11,18H2,1-2H3. The average molecular weight is 283 g/mol. The lowest BCUT2D eigenvalue weighted by atomic mass is 10.0. The minimum atomic E-state index is -0.334. The molecule has 2 N–H and O–H groups in total. The van der Waals surface area contributed by atoms with Gasteiger partial charge in [-0.25, -0.2) is 4.39 Å². The Bertz CT molecular complexity index is 385. The minimum Gasteiger partial charge on any atom is -0.488 e. The zero-order chi connectivity index (χ0) is 14.8. The second-order valence-corrected chi connectivity index (χ2v) is 4.95. The Morgan fingerprint density at radius 3 is 2.65 bits per heavy atom. The first-order valence-electron chi connectivity index (χ1n) is 7.41. The molecule has 0 saturated heterocycles. The van der Waals surface area contributed by atoms with Crippen LogP contribution in [0.3, 0.4) is 0 Å². The van der Waals surface area contributed by atoms with Gasteiger partial charge in [0.05, 0.1) is 6.61 Å². The van der Waals surface area contributed by atoms with E-state index < -0.39 is 0 Å². The van der Waals surface area contributed by atoms with E-state index in [4.69, 9.17) is 15.2 Å². The van der Waals surface area contributed by atoms with Gasteiger partial charge in [-0.05, 0) is 37.0 Å². The lowest BCUT2D eigenvalue weighted by molar-refractivity contribution is 0.0967. The summed E-state index contributed by atoms with van der Waals surface area (Å²) >= 11 is 0. The average Bonchev–Trinajstić information content (AvgIpc) is 2.44. The number of unbranched alkanes of at least 4 members (excludes halogenated alkanes) is 1. The second-order valence-electron chi connectivity index (χ2n) is 4.95. The van der Waals surface area contributed by atoms with Gasteiger partial charge in [0.1, 0.15) is 6.61 Å². The molecule has 114 valence electrons. The van der Waals surface area contributed by atoms with E-state index >= 15 is 0 Å². The van der Waals surface area contributed by atoms with Crippen LogP contribution in [0.25, 0.3) is 0 Å². The fraction of sp³-hybridized carbons (Fsp3) is 0.625. The Hall–Kier alpha value is -1.13. The molecule has 0 aliphatic rings. The summed E-state index contributed by atoms with van der Waals surface area (Å²) in [6.45, 7) is 5.73. The van der Waals surface area contributed by atoms with E-state index in [-0.39, 0.29) is 17.6 Å². The van der Waals surface area contributed by atoms with Gasteiger partial charge in [-0.1, -0.05) is 26.3 Å². The van der Waals surface area contributed by atoms with Crippen LogP contribution >= 0.6 is 0 Å². The topological polar surface area (TPSA) is 44.5 Å². The van der Waals surface area contributed by atoms with E-state index in [2.05, 4.69) is 6.92 Å². The van der Waals surface area contributed by atoms with Gasteiger partial charge in [0.25, 0.3) is 0 Å². The number of hydrogen-bond acceptors (Lipinski definition) is 3. The lowest BCUT2D eigenvalue weighted by Crippen LogP contribution is -2.21. The van der Waals surface area contributed by atoms with Gasteiger partial charge in [0.2, 0.25) is 0 Å². The lowest BCUT2D eigenvalue weighted by Gasteiger charge is -2.11. The number of benzene rings is 1. The monoisotopic (exact) mass is 283 g/mol. The van der Waals surface area contributed by atoms with E-state index in [9.17, 15) is 4.39 Å². The Kier molecular flexibility index (Phi) is 8.23. The Morgan fingerprint density at radius 2 is 2.00 bits per heavy atom. The number of halogens is 1. The van der Waals surface area contributed by atoms with Crippen LogP contribution in [-0.2, 0) is 11.2 Å². The quantitative estimate of drug-likeness (QED) is 0.670. The molecule has 0 fully saturated rings. The van der Waals surface area contributed by atoms with Crippen LogP contribution in [0.1, 0.15) is 38.7 Å². The molecule has 0 amide bonds. The maximum Gasteiger partial charge on any atom is 0.165 e. The molecular weight excluding hydrogens is 257 g/mol. The SMILES string of the molecule is CCCCOCCOc1ccc(CC(N)CC)cc1F. The molecule has 4 heteroatoms. The molecule has 1 aromatic carbocycles. The summed E-state index contributed by atoms with van der Waals surface area (Å²) in [4.78, 5) is 0. The van der Waals surface area contributed by atoms with Crippen molar-refractivity contribution in [2.45, 2.75) is 45.6 Å². The number of hydrogen-bond donors (Lipinski definition) is 1. The van der Waals surface area contributed by atoms with Crippen molar-refractivity contribution in [2.75, 3.05) is 19.8 Å². The minimum absolute atomic E-state index is 0.0770. The third kappa shape index (κ3) is 6.35. The summed E-state index contributed by atoms with van der Waals surface area (Å²) in [7, 11) is 0. The molecule has 1 unspecified atom stereocenters. The molecule has 20 heavy (non-hydrogen) atoms. The third-order valence-corrected chi connectivity index (χ3v) is 3.15. The highest BCUT2D eigenvalue weighted by Gasteiger charge is 2.07. The Balaban J connectivity index is 2.36. The summed E-state index contributed by atoms with van der Waals surface area (Å²) in [5, 5.41) is 0. The smallest absolute Gasteiger partial charge is 0.165 e. The number of ether oxygens (including phenoxy) is 2. The van der Waals surface area contributed by atoms with Gasteiger partial charge >= 0.3 is 0 Å². The Morgan fingerprint density at radius 1 is 1.20 bits per heavy atom. The Labute approximate surface area is 121 Å². The predicted molar refractivity (Wildman–Crippen MR) is 79.6 cm³/mol. The second kappa shape index (κ2) is 9.72. The largest absolute Gasteiger partial charge is 0.488 e. The highest BCUT2D eigenvalue weighted by molar-refractivity contribution is 5.29. The first-order chi connectivity index (χ1) is 9.67. The van der Waals surface area contributed by atoms with Crippen LogP contribution in [0.5, 0.6) is 5.75 Å². The highest BCUT2D eigenvalue weighted by Crippen LogP contribution is 2.19. The fourth-order valence-electron chi connectivity index (χ4n) is 1.79. The summed E-state index contributed by atoms with van der Waals surface area (Å²) in [5.74, 6) is -0.0581. The molecule has 1 rings (SSSR count). The maximum absolute atomic E-state index is 13.8. The molecule has 0 heterocycles. The van der Waals surface area contributed by atoms with Crippen molar-refractivity contribution in [1.82, 2.24) is 0 Å². The van der Waals surface area contributed by atoms with E-state index in [0.29, 0.717) is 19.6 Å². The summed E-state index contributed by atoms with van der Waals surface area (Å²) in [6, 6.07) is 5.11.